The molecular formula is C21H20INO2S2. The van der Waals surface area contributed by atoms with Crippen LogP contribution >= 0.6 is 22.6 Å². The van der Waals surface area contributed by atoms with Crippen LogP contribution in [0.1, 0.15) is 5.56 Å². The van der Waals surface area contributed by atoms with Crippen LogP contribution in [-0.2, 0) is 28.2 Å². The molecule has 3 unspecified atom stereocenters. The van der Waals surface area contributed by atoms with E-state index in [-0.39, 0.29) is 3.26 Å². The number of nitrogens with zero attached hydrogens (tertiary/aromatic N) is 1. The number of alkyl halides is 1. The Kier molecular flexibility index (Phi) is 7.20. The zero-order valence-electron chi connectivity index (χ0n) is 14.8. The Balaban J connectivity index is 1.76. The summed E-state index contributed by atoms with van der Waals surface area (Å²) in [6.07, 6.45) is 0.727. The van der Waals surface area contributed by atoms with E-state index in [9.17, 15) is 8.42 Å². The van der Waals surface area contributed by atoms with Gasteiger partial charge in [-0.2, -0.15) is 0 Å². The van der Waals surface area contributed by atoms with Crippen molar-refractivity contribution in [1.82, 2.24) is 0 Å². The first kappa shape index (κ1) is 20.2. The SMILES string of the molecule is CN(c1ccccc1)S(=O)c1cccc(S(=O)C(I)Cc2ccccc2)c1. The molecule has 0 aliphatic carbocycles. The number of anilines is 1. The van der Waals surface area contributed by atoms with Gasteiger partial charge >= 0.3 is 0 Å². The molecule has 3 rings (SSSR count). The fourth-order valence-corrected chi connectivity index (χ4v) is 6.23. The molecule has 6 heteroatoms. The second kappa shape index (κ2) is 9.61. The molecule has 27 heavy (non-hydrogen) atoms. The molecule has 0 aliphatic rings. The Morgan fingerprint density at radius 2 is 1.44 bits per heavy atom. The van der Waals surface area contributed by atoms with Gasteiger partial charge in [-0.05, 0) is 42.3 Å². The van der Waals surface area contributed by atoms with Crippen molar-refractivity contribution in [2.45, 2.75) is 19.5 Å². The third kappa shape index (κ3) is 5.27. The fraction of sp³-hybridized carbons (Fsp3) is 0.143. The Labute approximate surface area is 179 Å². The molecule has 140 valence electrons. The Morgan fingerprint density at radius 1 is 0.852 bits per heavy atom. The third-order valence-corrected chi connectivity index (χ3v) is 8.62. The number of halogens is 1. The molecule has 0 aromatic heterocycles. The van der Waals surface area contributed by atoms with Crippen molar-refractivity contribution in [3.63, 3.8) is 0 Å². The molecule has 0 fully saturated rings. The van der Waals surface area contributed by atoms with Crippen LogP contribution in [-0.4, -0.2) is 18.7 Å². The minimum atomic E-state index is -1.36. The highest BCUT2D eigenvalue weighted by molar-refractivity contribution is 14.1. The maximum Gasteiger partial charge on any atom is 0.152 e. The van der Waals surface area contributed by atoms with Gasteiger partial charge in [-0.3, -0.25) is 8.51 Å². The number of hydrogen-bond acceptors (Lipinski definition) is 2. The molecule has 0 saturated carbocycles. The largest absolute Gasteiger partial charge is 0.291 e. The van der Waals surface area contributed by atoms with Crippen LogP contribution in [0.5, 0.6) is 0 Å². The smallest absolute Gasteiger partial charge is 0.152 e. The molecule has 0 bridgehead atoms. The molecule has 0 aliphatic heterocycles. The Hall–Kier alpha value is -1.51. The highest BCUT2D eigenvalue weighted by Gasteiger charge is 2.18. The Bertz CT molecular complexity index is 935. The second-order valence-electron chi connectivity index (χ2n) is 5.95. The van der Waals surface area contributed by atoms with E-state index in [0.717, 1.165) is 17.7 Å². The van der Waals surface area contributed by atoms with Crippen LogP contribution < -0.4 is 4.31 Å². The lowest BCUT2D eigenvalue weighted by Crippen LogP contribution is -2.20. The van der Waals surface area contributed by atoms with Gasteiger partial charge < -0.3 is 0 Å². The van der Waals surface area contributed by atoms with E-state index in [1.807, 2.05) is 78.9 Å². The average molecular weight is 509 g/mol. The first-order chi connectivity index (χ1) is 13.1. The number of para-hydroxylation sites is 1. The van der Waals surface area contributed by atoms with E-state index in [1.165, 1.54) is 0 Å². The lowest BCUT2D eigenvalue weighted by Gasteiger charge is -2.18. The zero-order chi connectivity index (χ0) is 19.2. The molecule has 3 aromatic rings. The van der Waals surface area contributed by atoms with Crippen molar-refractivity contribution in [2.24, 2.45) is 0 Å². The van der Waals surface area contributed by atoms with Gasteiger partial charge in [0.05, 0.1) is 19.0 Å². The summed E-state index contributed by atoms with van der Waals surface area (Å²) < 4.78 is 27.5. The highest BCUT2D eigenvalue weighted by Crippen LogP contribution is 2.24. The van der Waals surface area contributed by atoms with Crippen molar-refractivity contribution in [3.05, 3.63) is 90.5 Å². The van der Waals surface area contributed by atoms with Crippen LogP contribution in [0.4, 0.5) is 5.69 Å². The van der Waals surface area contributed by atoms with Gasteiger partial charge in [-0.25, -0.2) is 4.21 Å². The van der Waals surface area contributed by atoms with E-state index in [2.05, 4.69) is 22.6 Å². The number of benzene rings is 3. The maximum absolute atomic E-state index is 13.0. The average Bonchev–Trinajstić information content (AvgIpc) is 2.73. The lowest BCUT2D eigenvalue weighted by molar-refractivity contribution is 0.680. The summed E-state index contributed by atoms with van der Waals surface area (Å²) in [5.41, 5.74) is 2.03. The summed E-state index contributed by atoms with van der Waals surface area (Å²) in [5, 5.41) is 0. The van der Waals surface area contributed by atoms with Gasteiger partial charge in [0, 0.05) is 17.6 Å². The zero-order valence-corrected chi connectivity index (χ0v) is 18.6. The predicted octanol–water partition coefficient (Wildman–Crippen LogP) is 4.96. The van der Waals surface area contributed by atoms with Gasteiger partial charge in [-0.1, -0.05) is 77.2 Å². The number of hydrogen-bond donors (Lipinski definition) is 0. The molecule has 0 spiro atoms. The van der Waals surface area contributed by atoms with Crippen molar-refractivity contribution >= 4 is 50.1 Å². The van der Waals surface area contributed by atoms with Gasteiger partial charge in [0.25, 0.3) is 0 Å². The van der Waals surface area contributed by atoms with E-state index in [0.29, 0.717) is 9.79 Å². The summed E-state index contributed by atoms with van der Waals surface area (Å²) in [4.78, 5) is 1.35. The molecule has 3 atom stereocenters. The third-order valence-electron chi connectivity index (χ3n) is 4.08. The van der Waals surface area contributed by atoms with Gasteiger partial charge in [0.1, 0.15) is 0 Å². The lowest BCUT2D eigenvalue weighted by atomic mass is 10.2. The van der Waals surface area contributed by atoms with E-state index in [1.54, 1.807) is 17.4 Å². The molecule has 0 radical (unpaired) electrons. The summed E-state index contributed by atoms with van der Waals surface area (Å²) in [5.74, 6) is 0. The van der Waals surface area contributed by atoms with Crippen molar-refractivity contribution in [3.8, 4) is 0 Å². The molecule has 3 nitrogen and oxygen atoms in total. The predicted molar refractivity (Wildman–Crippen MR) is 122 cm³/mol. The quantitative estimate of drug-likeness (QED) is 0.334. The van der Waals surface area contributed by atoms with Crippen molar-refractivity contribution in [1.29, 1.82) is 0 Å². The minimum Gasteiger partial charge on any atom is -0.291 e. The molecule has 0 amide bonds. The fourth-order valence-electron chi connectivity index (χ4n) is 2.62. The van der Waals surface area contributed by atoms with Crippen molar-refractivity contribution in [2.75, 3.05) is 11.4 Å². The maximum atomic E-state index is 13.0. The van der Waals surface area contributed by atoms with Crippen LogP contribution in [0.2, 0.25) is 0 Å². The van der Waals surface area contributed by atoms with Gasteiger partial charge in [-0.15, -0.1) is 0 Å². The summed E-state index contributed by atoms with van der Waals surface area (Å²) >= 11 is 2.24. The second-order valence-corrected chi connectivity index (χ2v) is 11.5. The van der Waals surface area contributed by atoms with Gasteiger partial charge in [0.2, 0.25) is 0 Å². The summed E-state index contributed by atoms with van der Waals surface area (Å²) in [6.45, 7) is 0. The highest BCUT2D eigenvalue weighted by atomic mass is 127. The first-order valence-corrected chi connectivity index (χ1v) is 12.0. The normalized spacial score (nSPS) is 14.3. The molecule has 0 heterocycles. The number of rotatable bonds is 7. The molecular weight excluding hydrogens is 489 g/mol. The monoisotopic (exact) mass is 509 g/mol. The first-order valence-electron chi connectivity index (χ1n) is 8.45. The minimum absolute atomic E-state index is 0.0551. The van der Waals surface area contributed by atoms with Crippen LogP contribution in [0.15, 0.2) is 94.7 Å². The van der Waals surface area contributed by atoms with E-state index < -0.39 is 21.8 Å². The molecule has 0 N–H and O–H groups in total. The van der Waals surface area contributed by atoms with Gasteiger partial charge in [0.15, 0.2) is 11.0 Å². The van der Waals surface area contributed by atoms with Crippen LogP contribution in [0.25, 0.3) is 0 Å². The standard InChI is InChI=1S/C21H20INO2S2/c1-23(18-11-6-3-7-12-18)27(25)20-14-8-13-19(16-20)26(24)21(22)15-17-9-4-2-5-10-17/h2-14,16,21H,15H2,1H3. The van der Waals surface area contributed by atoms with Crippen molar-refractivity contribution < 1.29 is 8.42 Å². The van der Waals surface area contributed by atoms with E-state index >= 15 is 0 Å². The Morgan fingerprint density at radius 3 is 2.11 bits per heavy atom. The molecule has 0 saturated heterocycles. The summed E-state index contributed by atoms with van der Waals surface area (Å²) in [6, 6.07) is 26.9. The van der Waals surface area contributed by atoms with Crippen LogP contribution in [0, 0.1) is 0 Å². The topological polar surface area (TPSA) is 37.4 Å². The summed E-state index contributed by atoms with van der Waals surface area (Å²) in [7, 11) is -0.743. The molecule has 3 aromatic carbocycles. The van der Waals surface area contributed by atoms with Crippen LogP contribution in [0.3, 0.4) is 0 Å². The van der Waals surface area contributed by atoms with E-state index in [4.69, 9.17) is 0 Å².